The smallest absolute Gasteiger partial charge is 0.0467 e. The molecule has 0 saturated heterocycles. The van der Waals surface area contributed by atoms with Crippen LogP contribution in [0.5, 0.6) is 0 Å². The van der Waals surface area contributed by atoms with Gasteiger partial charge in [-0.1, -0.05) is 113 Å². The maximum atomic E-state index is 2.46. The van der Waals surface area contributed by atoms with Crippen LogP contribution in [-0.4, -0.2) is 0 Å². The van der Waals surface area contributed by atoms with Gasteiger partial charge in [0.25, 0.3) is 0 Å². The Morgan fingerprint density at radius 3 is 0.923 bits per heavy atom. The molecule has 52 heavy (non-hydrogen) atoms. The molecule has 2 heteroatoms. The van der Waals surface area contributed by atoms with Crippen molar-refractivity contribution in [2.75, 3.05) is 9.80 Å². The molecule has 2 nitrogen and oxygen atoms in total. The van der Waals surface area contributed by atoms with Gasteiger partial charge in [0, 0.05) is 45.0 Å². The third kappa shape index (κ3) is 4.78. The van der Waals surface area contributed by atoms with Gasteiger partial charge in [0.1, 0.15) is 0 Å². The van der Waals surface area contributed by atoms with Gasteiger partial charge in [-0.25, -0.2) is 0 Å². The Morgan fingerprint density at radius 2 is 0.635 bits per heavy atom. The van der Waals surface area contributed by atoms with E-state index in [1.807, 2.05) is 0 Å². The number of rotatable bonds is 6. The van der Waals surface area contributed by atoms with Gasteiger partial charge in [0.05, 0.1) is 0 Å². The first kappa shape index (κ1) is 32.1. The molecular formula is C50H44N2. The highest BCUT2D eigenvalue weighted by atomic mass is 15.1. The van der Waals surface area contributed by atoms with Gasteiger partial charge >= 0.3 is 0 Å². The molecule has 2 aliphatic carbocycles. The molecule has 0 amide bonds. The van der Waals surface area contributed by atoms with Crippen LogP contribution in [0.3, 0.4) is 0 Å². The zero-order valence-corrected chi connectivity index (χ0v) is 30.9. The normalized spacial score (nSPS) is 14.3. The van der Waals surface area contributed by atoms with Crippen molar-refractivity contribution in [1.82, 2.24) is 0 Å². The SMILES string of the molecule is Cc1cc(N(c2ccccc2)c2ccccc2)cc2c1-c1ccc3c(c1C2(C)C)C(C)(C)c1cc(N(c2ccccc2)c2ccccc2)cc(C)c1-3. The summed E-state index contributed by atoms with van der Waals surface area (Å²) in [5, 5.41) is 0. The predicted octanol–water partition coefficient (Wildman–Crippen LogP) is 13.9. The molecular weight excluding hydrogens is 629 g/mol. The third-order valence-corrected chi connectivity index (χ3v) is 11.6. The van der Waals surface area contributed by atoms with Crippen LogP contribution in [0.4, 0.5) is 34.1 Å². The fourth-order valence-corrected chi connectivity index (χ4v) is 9.29. The van der Waals surface area contributed by atoms with Crippen LogP contribution in [0.25, 0.3) is 22.3 Å². The van der Waals surface area contributed by atoms with Crippen molar-refractivity contribution in [3.05, 3.63) is 191 Å². The fraction of sp³-hybridized carbons (Fsp3) is 0.160. The molecule has 0 spiro atoms. The molecule has 0 fully saturated rings. The van der Waals surface area contributed by atoms with Gasteiger partial charge in [0.2, 0.25) is 0 Å². The first-order valence-electron chi connectivity index (χ1n) is 18.5. The summed E-state index contributed by atoms with van der Waals surface area (Å²) < 4.78 is 0. The molecule has 7 aromatic rings. The lowest BCUT2D eigenvalue weighted by atomic mass is 9.72. The Balaban J connectivity index is 1.21. The number of para-hydroxylation sites is 4. The van der Waals surface area contributed by atoms with Crippen LogP contribution >= 0.6 is 0 Å². The second kappa shape index (κ2) is 11.9. The average molecular weight is 673 g/mol. The van der Waals surface area contributed by atoms with Crippen molar-refractivity contribution in [3.8, 4) is 22.3 Å². The molecule has 0 N–H and O–H groups in total. The topological polar surface area (TPSA) is 6.48 Å². The molecule has 0 unspecified atom stereocenters. The number of aryl methyl sites for hydroxylation is 2. The van der Waals surface area contributed by atoms with E-state index in [1.54, 1.807) is 0 Å². The first-order chi connectivity index (χ1) is 25.2. The van der Waals surface area contributed by atoms with Gasteiger partial charge in [-0.2, -0.15) is 0 Å². The molecule has 0 aliphatic heterocycles. The summed E-state index contributed by atoms with van der Waals surface area (Å²) in [4.78, 5) is 4.79. The van der Waals surface area contributed by atoms with Gasteiger partial charge in [-0.3, -0.25) is 0 Å². The Hall–Kier alpha value is -5.86. The van der Waals surface area contributed by atoms with Crippen molar-refractivity contribution in [2.24, 2.45) is 0 Å². The fourth-order valence-electron chi connectivity index (χ4n) is 9.29. The Labute approximate surface area is 308 Å². The summed E-state index contributed by atoms with van der Waals surface area (Å²) in [5.41, 5.74) is 20.5. The molecule has 0 atom stereocenters. The predicted molar refractivity (Wildman–Crippen MR) is 220 cm³/mol. The summed E-state index contributed by atoms with van der Waals surface area (Å²) in [7, 11) is 0. The van der Waals surface area contributed by atoms with Gasteiger partial charge in [0.15, 0.2) is 0 Å². The van der Waals surface area contributed by atoms with Gasteiger partial charge < -0.3 is 9.80 Å². The van der Waals surface area contributed by atoms with Gasteiger partial charge in [-0.05, 0) is 142 Å². The highest BCUT2D eigenvalue weighted by Crippen LogP contribution is 2.61. The number of fused-ring (bicyclic) bond motifs is 7. The van der Waals surface area contributed by atoms with E-state index < -0.39 is 0 Å². The maximum Gasteiger partial charge on any atom is 0.0467 e. The number of anilines is 6. The third-order valence-electron chi connectivity index (χ3n) is 11.6. The zero-order valence-electron chi connectivity index (χ0n) is 30.9. The number of hydrogen-bond acceptors (Lipinski definition) is 2. The largest absolute Gasteiger partial charge is 0.310 e. The van der Waals surface area contributed by atoms with Crippen LogP contribution in [0, 0.1) is 13.8 Å². The van der Waals surface area contributed by atoms with E-state index in [2.05, 4.69) is 209 Å². The second-order valence-corrected chi connectivity index (χ2v) is 15.5. The van der Waals surface area contributed by atoms with Crippen molar-refractivity contribution in [1.29, 1.82) is 0 Å². The first-order valence-corrected chi connectivity index (χ1v) is 18.5. The van der Waals surface area contributed by atoms with Crippen molar-refractivity contribution >= 4 is 34.1 Å². The minimum absolute atomic E-state index is 0.202. The lowest BCUT2D eigenvalue weighted by Gasteiger charge is -2.32. The lowest BCUT2D eigenvalue weighted by Crippen LogP contribution is -2.24. The van der Waals surface area contributed by atoms with E-state index >= 15 is 0 Å². The molecule has 254 valence electrons. The second-order valence-electron chi connectivity index (χ2n) is 15.5. The van der Waals surface area contributed by atoms with Crippen LogP contribution in [0.1, 0.15) is 61.1 Å². The van der Waals surface area contributed by atoms with Gasteiger partial charge in [-0.15, -0.1) is 0 Å². The van der Waals surface area contributed by atoms with E-state index in [0.717, 1.165) is 22.7 Å². The minimum Gasteiger partial charge on any atom is -0.310 e. The molecule has 0 heterocycles. The maximum absolute atomic E-state index is 2.46. The molecule has 0 aromatic heterocycles. The average Bonchev–Trinajstić information content (AvgIpc) is 3.53. The monoisotopic (exact) mass is 672 g/mol. The van der Waals surface area contributed by atoms with Crippen LogP contribution in [0.2, 0.25) is 0 Å². The van der Waals surface area contributed by atoms with Crippen molar-refractivity contribution in [2.45, 2.75) is 52.4 Å². The Morgan fingerprint density at radius 1 is 0.346 bits per heavy atom. The molecule has 0 radical (unpaired) electrons. The van der Waals surface area contributed by atoms with E-state index in [-0.39, 0.29) is 10.8 Å². The van der Waals surface area contributed by atoms with Crippen LogP contribution in [0.15, 0.2) is 158 Å². The Kier molecular flexibility index (Phi) is 7.31. The van der Waals surface area contributed by atoms with Crippen LogP contribution in [-0.2, 0) is 10.8 Å². The molecule has 9 rings (SSSR count). The summed E-state index contributed by atoms with van der Waals surface area (Å²) in [5.74, 6) is 0. The highest BCUT2D eigenvalue weighted by molar-refractivity contribution is 5.95. The zero-order chi connectivity index (χ0) is 35.8. The van der Waals surface area contributed by atoms with Crippen molar-refractivity contribution in [3.63, 3.8) is 0 Å². The highest BCUT2D eigenvalue weighted by Gasteiger charge is 2.47. The molecule has 0 saturated carbocycles. The standard InChI is InChI=1S/C50H44N2/c1-33-29-39(51(35-19-11-7-12-20-35)36-21-13-8-14-22-36)31-43-45(33)41-27-28-42-46-34(2)30-40(32-44(46)50(5,6)48(42)47(41)49(43,3)4)52(37-23-15-9-16-24-37)38-25-17-10-18-26-38/h7-32H,1-6H3. The van der Waals surface area contributed by atoms with Crippen LogP contribution < -0.4 is 9.80 Å². The van der Waals surface area contributed by atoms with E-state index in [4.69, 9.17) is 0 Å². The van der Waals surface area contributed by atoms with E-state index in [1.165, 1.54) is 67.0 Å². The van der Waals surface area contributed by atoms with E-state index in [0.29, 0.717) is 0 Å². The summed E-state index contributed by atoms with van der Waals surface area (Å²) in [6, 6.07) is 57.5. The van der Waals surface area contributed by atoms with Crippen molar-refractivity contribution < 1.29 is 0 Å². The minimum atomic E-state index is -0.202. The number of hydrogen-bond donors (Lipinski definition) is 0. The Bertz CT molecular complexity index is 2210. The molecule has 2 aliphatic rings. The van der Waals surface area contributed by atoms with E-state index in [9.17, 15) is 0 Å². The molecule has 7 aromatic carbocycles. The summed E-state index contributed by atoms with van der Waals surface area (Å²) >= 11 is 0. The molecule has 0 bridgehead atoms. The quantitative estimate of drug-likeness (QED) is 0.173. The lowest BCUT2D eigenvalue weighted by molar-refractivity contribution is 0.601. The number of benzene rings is 7. The summed E-state index contributed by atoms with van der Waals surface area (Å²) in [6.07, 6.45) is 0. The summed E-state index contributed by atoms with van der Waals surface area (Å²) in [6.45, 7) is 14.4. The number of nitrogens with zero attached hydrogens (tertiary/aromatic N) is 2.